The van der Waals surface area contributed by atoms with Crippen LogP contribution in [0, 0.1) is 11.3 Å². The predicted molar refractivity (Wildman–Crippen MR) is 86.6 cm³/mol. The Morgan fingerprint density at radius 2 is 1.90 bits per heavy atom. The molecule has 21 heavy (non-hydrogen) atoms. The molecule has 0 unspecified atom stereocenters. The minimum Gasteiger partial charge on any atom is -0.349 e. The average Bonchev–Trinajstić information content (AvgIpc) is 2.43. The van der Waals surface area contributed by atoms with E-state index in [-0.39, 0.29) is 22.9 Å². The summed E-state index contributed by atoms with van der Waals surface area (Å²) in [4.78, 5) is 12.0. The molecule has 1 aromatic rings. The van der Waals surface area contributed by atoms with Gasteiger partial charge in [-0.3, -0.25) is 4.79 Å². The number of hydrogen-bond acceptors (Lipinski definition) is 2. The van der Waals surface area contributed by atoms with Gasteiger partial charge in [0.2, 0.25) is 0 Å². The lowest BCUT2D eigenvalue weighted by atomic mass is 9.86. The van der Waals surface area contributed by atoms with E-state index in [4.69, 9.17) is 5.26 Å². The Labute approximate surface area is 127 Å². The van der Waals surface area contributed by atoms with Crippen molar-refractivity contribution in [3.05, 3.63) is 41.0 Å². The number of hydrogen-bond donors (Lipinski definition) is 1. The number of nitrogens with one attached hydrogen (secondary N) is 1. The van der Waals surface area contributed by atoms with Crippen molar-refractivity contribution in [3.63, 3.8) is 0 Å². The van der Waals surface area contributed by atoms with Gasteiger partial charge in [0.1, 0.15) is 11.6 Å². The molecule has 0 bridgehead atoms. The van der Waals surface area contributed by atoms with Crippen LogP contribution in [0.25, 0.3) is 6.08 Å². The zero-order valence-corrected chi connectivity index (χ0v) is 13.5. The number of amides is 1. The van der Waals surface area contributed by atoms with Crippen LogP contribution < -0.4 is 5.32 Å². The monoisotopic (exact) mass is 284 g/mol. The first kappa shape index (κ1) is 17.0. The van der Waals surface area contributed by atoms with Crippen molar-refractivity contribution in [2.45, 2.75) is 52.5 Å². The quantitative estimate of drug-likeness (QED) is 0.675. The first-order valence-corrected chi connectivity index (χ1v) is 7.31. The summed E-state index contributed by atoms with van der Waals surface area (Å²) >= 11 is 0. The molecule has 0 aliphatic heterocycles. The molecule has 3 nitrogen and oxygen atoms in total. The summed E-state index contributed by atoms with van der Waals surface area (Å²) in [6.45, 7) is 10.4. The summed E-state index contributed by atoms with van der Waals surface area (Å²) in [5, 5.41) is 12.0. The summed E-state index contributed by atoms with van der Waals surface area (Å²) in [5.74, 6) is -0.313. The standard InChI is InChI=1S/C18H24N2O/c1-6-13(2)20-17(21)15(12-19)11-14-7-9-16(10-8-14)18(3,4)5/h7-11,13H,6H2,1-5H3,(H,20,21)/b15-11+/t13-/m1/s1. The minimum absolute atomic E-state index is 0.0671. The maximum Gasteiger partial charge on any atom is 0.262 e. The van der Waals surface area contributed by atoms with Crippen molar-refractivity contribution in [2.24, 2.45) is 0 Å². The highest BCUT2D eigenvalue weighted by Crippen LogP contribution is 2.22. The van der Waals surface area contributed by atoms with Crippen LogP contribution in [0.2, 0.25) is 0 Å². The maximum absolute atomic E-state index is 12.0. The van der Waals surface area contributed by atoms with Crippen molar-refractivity contribution >= 4 is 12.0 Å². The highest BCUT2D eigenvalue weighted by atomic mass is 16.1. The largest absolute Gasteiger partial charge is 0.349 e. The molecule has 0 aliphatic rings. The van der Waals surface area contributed by atoms with Gasteiger partial charge in [-0.25, -0.2) is 0 Å². The van der Waals surface area contributed by atoms with Crippen molar-refractivity contribution in [1.82, 2.24) is 5.32 Å². The molecule has 0 aromatic heterocycles. The van der Waals surface area contributed by atoms with E-state index >= 15 is 0 Å². The van der Waals surface area contributed by atoms with Crippen LogP contribution in [0.5, 0.6) is 0 Å². The molecule has 1 aromatic carbocycles. The van der Waals surface area contributed by atoms with Crippen molar-refractivity contribution in [1.29, 1.82) is 5.26 Å². The van der Waals surface area contributed by atoms with Crippen LogP contribution in [-0.4, -0.2) is 11.9 Å². The highest BCUT2D eigenvalue weighted by Gasteiger charge is 2.14. The molecule has 0 heterocycles. The SMILES string of the molecule is CC[C@@H](C)NC(=O)/C(C#N)=C/c1ccc(C(C)(C)C)cc1. The summed E-state index contributed by atoms with van der Waals surface area (Å²) < 4.78 is 0. The third kappa shape index (κ3) is 5.07. The minimum atomic E-state index is -0.313. The third-order valence-electron chi connectivity index (χ3n) is 3.44. The Kier molecular flexibility index (Phi) is 5.72. The van der Waals surface area contributed by atoms with E-state index in [1.807, 2.05) is 44.2 Å². The lowest BCUT2D eigenvalue weighted by Crippen LogP contribution is -2.32. The lowest BCUT2D eigenvalue weighted by Gasteiger charge is -2.18. The van der Waals surface area contributed by atoms with Crippen LogP contribution in [0.4, 0.5) is 0 Å². The Morgan fingerprint density at radius 3 is 2.33 bits per heavy atom. The number of carbonyl (C=O) groups is 1. The van der Waals surface area contributed by atoms with E-state index in [1.165, 1.54) is 5.56 Å². The van der Waals surface area contributed by atoms with Gasteiger partial charge in [0.15, 0.2) is 0 Å². The molecular formula is C18H24N2O. The molecule has 3 heteroatoms. The molecule has 0 aliphatic carbocycles. The van der Waals surface area contributed by atoms with Crippen molar-refractivity contribution in [2.75, 3.05) is 0 Å². The summed E-state index contributed by atoms with van der Waals surface area (Å²) in [6.07, 6.45) is 2.47. The Bertz CT molecular complexity index is 556. The van der Waals surface area contributed by atoms with Crippen molar-refractivity contribution in [3.8, 4) is 6.07 Å². The number of nitriles is 1. The van der Waals surface area contributed by atoms with Gasteiger partial charge in [-0.2, -0.15) is 5.26 Å². The summed E-state index contributed by atoms with van der Waals surface area (Å²) in [6, 6.07) is 9.99. The molecule has 1 atom stereocenters. The normalized spacial score (nSPS) is 13.4. The van der Waals surface area contributed by atoms with Gasteiger partial charge in [-0.15, -0.1) is 0 Å². The molecule has 0 fully saturated rings. The van der Waals surface area contributed by atoms with Gasteiger partial charge in [-0.1, -0.05) is 52.0 Å². The zero-order valence-electron chi connectivity index (χ0n) is 13.5. The molecule has 0 spiro atoms. The third-order valence-corrected chi connectivity index (χ3v) is 3.44. The fourth-order valence-corrected chi connectivity index (χ4v) is 1.80. The Morgan fingerprint density at radius 1 is 1.33 bits per heavy atom. The smallest absolute Gasteiger partial charge is 0.262 e. The van der Waals surface area contributed by atoms with Crippen molar-refractivity contribution < 1.29 is 4.79 Å². The number of benzene rings is 1. The van der Waals surface area contributed by atoms with Gasteiger partial charge in [0.25, 0.3) is 5.91 Å². The van der Waals surface area contributed by atoms with Crippen LogP contribution >= 0.6 is 0 Å². The second kappa shape index (κ2) is 7.08. The number of carbonyl (C=O) groups excluding carboxylic acids is 1. The second-order valence-electron chi connectivity index (χ2n) is 6.32. The molecule has 1 amide bonds. The topological polar surface area (TPSA) is 52.9 Å². The van der Waals surface area contributed by atoms with E-state index in [9.17, 15) is 4.79 Å². The van der Waals surface area contributed by atoms with Gasteiger partial charge >= 0.3 is 0 Å². The van der Waals surface area contributed by atoms with Crippen LogP contribution in [0.1, 0.15) is 52.2 Å². The van der Waals surface area contributed by atoms with Gasteiger partial charge in [-0.05, 0) is 36.0 Å². The van der Waals surface area contributed by atoms with Gasteiger partial charge < -0.3 is 5.32 Å². The molecule has 1 rings (SSSR count). The zero-order chi connectivity index (χ0) is 16.0. The Balaban J connectivity index is 2.94. The summed E-state index contributed by atoms with van der Waals surface area (Å²) in [7, 11) is 0. The molecule has 0 radical (unpaired) electrons. The highest BCUT2D eigenvalue weighted by molar-refractivity contribution is 6.01. The average molecular weight is 284 g/mol. The molecule has 0 saturated carbocycles. The van der Waals surface area contributed by atoms with E-state index in [0.717, 1.165) is 12.0 Å². The molecular weight excluding hydrogens is 260 g/mol. The Hall–Kier alpha value is -2.08. The van der Waals surface area contributed by atoms with Crippen LogP contribution in [0.3, 0.4) is 0 Å². The summed E-state index contributed by atoms with van der Waals surface area (Å²) in [5.41, 5.74) is 2.31. The fourth-order valence-electron chi connectivity index (χ4n) is 1.80. The second-order valence-corrected chi connectivity index (χ2v) is 6.32. The molecule has 0 saturated heterocycles. The predicted octanol–water partition coefficient (Wildman–Crippen LogP) is 3.81. The van der Waals surface area contributed by atoms with E-state index in [2.05, 4.69) is 26.1 Å². The first-order chi connectivity index (χ1) is 9.77. The first-order valence-electron chi connectivity index (χ1n) is 7.31. The van der Waals surface area contributed by atoms with Crippen LogP contribution in [0.15, 0.2) is 29.8 Å². The number of nitrogens with zero attached hydrogens (tertiary/aromatic N) is 1. The maximum atomic E-state index is 12.0. The molecule has 1 N–H and O–H groups in total. The van der Waals surface area contributed by atoms with E-state index in [1.54, 1.807) is 6.08 Å². The number of rotatable bonds is 4. The van der Waals surface area contributed by atoms with E-state index < -0.39 is 0 Å². The van der Waals surface area contributed by atoms with Crippen LogP contribution in [-0.2, 0) is 10.2 Å². The lowest BCUT2D eigenvalue weighted by molar-refractivity contribution is -0.117. The fraction of sp³-hybridized carbons (Fsp3) is 0.444. The van der Waals surface area contributed by atoms with Gasteiger partial charge in [0, 0.05) is 6.04 Å². The van der Waals surface area contributed by atoms with E-state index in [0.29, 0.717) is 0 Å². The molecule has 112 valence electrons. The van der Waals surface area contributed by atoms with Gasteiger partial charge in [0.05, 0.1) is 0 Å².